The van der Waals surface area contributed by atoms with Crippen LogP contribution in [0.4, 0.5) is 10.8 Å². The second-order valence-electron chi connectivity index (χ2n) is 5.34. The molecule has 1 amide bonds. The fourth-order valence-corrected chi connectivity index (χ4v) is 3.31. The minimum atomic E-state index is 0. The van der Waals surface area contributed by atoms with E-state index in [1.54, 1.807) is 12.1 Å². The van der Waals surface area contributed by atoms with Crippen LogP contribution in [-0.2, 0) is 0 Å². The fraction of sp³-hybridized carbons (Fsp3) is 0.400. The molecule has 132 valence electrons. The molecule has 1 fully saturated rings. The molecule has 1 aromatic heterocycles. The van der Waals surface area contributed by atoms with Gasteiger partial charge in [0.05, 0.1) is 5.56 Å². The first kappa shape index (κ1) is 20.5. The predicted molar refractivity (Wildman–Crippen MR) is 103 cm³/mol. The molecule has 1 aliphatic heterocycles. The third kappa shape index (κ3) is 4.49. The highest BCUT2D eigenvalue weighted by Gasteiger charge is 2.22. The molecule has 1 aromatic carbocycles. The van der Waals surface area contributed by atoms with E-state index in [4.69, 9.17) is 5.73 Å². The number of carbonyl (C=O) groups is 1. The molecule has 2 aromatic rings. The van der Waals surface area contributed by atoms with E-state index in [-0.39, 0.29) is 30.7 Å². The lowest BCUT2D eigenvalue weighted by Crippen LogP contribution is -2.35. The summed E-state index contributed by atoms with van der Waals surface area (Å²) in [6, 6.07) is 7.24. The van der Waals surface area contributed by atoms with Crippen molar-refractivity contribution >= 4 is 53.1 Å². The van der Waals surface area contributed by atoms with Crippen molar-refractivity contribution in [2.24, 2.45) is 0 Å². The van der Waals surface area contributed by atoms with Gasteiger partial charge in [-0.2, -0.15) is 4.37 Å². The summed E-state index contributed by atoms with van der Waals surface area (Å²) in [5.41, 5.74) is 7.04. The van der Waals surface area contributed by atoms with Crippen molar-refractivity contribution in [2.45, 2.75) is 13.3 Å². The van der Waals surface area contributed by atoms with Gasteiger partial charge in [-0.25, -0.2) is 4.98 Å². The predicted octanol–water partition coefficient (Wildman–Crippen LogP) is 2.62. The Morgan fingerprint density at radius 1 is 1.17 bits per heavy atom. The monoisotopic (exact) mass is 389 g/mol. The standard InChI is InChI=1S/C15H19N5OS.2ClH/c1-11-17-15(22-18-11)20-8-4-7-19(9-10-20)14(21)12-5-2-3-6-13(12)16;;/h2-3,5-6H,4,7-10,16H2,1H3;2*1H. The van der Waals surface area contributed by atoms with Gasteiger partial charge in [-0.05, 0) is 25.5 Å². The van der Waals surface area contributed by atoms with E-state index in [1.807, 2.05) is 24.0 Å². The molecule has 0 atom stereocenters. The van der Waals surface area contributed by atoms with Gasteiger partial charge in [-0.15, -0.1) is 24.8 Å². The molecule has 1 saturated heterocycles. The topological polar surface area (TPSA) is 75.4 Å². The van der Waals surface area contributed by atoms with Gasteiger partial charge < -0.3 is 15.5 Å². The van der Waals surface area contributed by atoms with Crippen LogP contribution in [0, 0.1) is 6.92 Å². The Kier molecular flexibility index (Phi) is 7.72. The number of nitrogens with two attached hydrogens (primary N) is 1. The Labute approximate surface area is 158 Å². The van der Waals surface area contributed by atoms with Crippen LogP contribution >= 0.6 is 36.3 Å². The number of aryl methyl sites for hydroxylation is 1. The number of nitrogen functional groups attached to an aromatic ring is 1. The van der Waals surface area contributed by atoms with Crippen LogP contribution in [0.25, 0.3) is 0 Å². The number of hydrogen-bond donors (Lipinski definition) is 1. The third-order valence-corrected chi connectivity index (χ3v) is 4.63. The summed E-state index contributed by atoms with van der Waals surface area (Å²) in [7, 11) is 0. The van der Waals surface area contributed by atoms with Crippen molar-refractivity contribution in [2.75, 3.05) is 36.8 Å². The second-order valence-corrected chi connectivity index (χ2v) is 6.07. The summed E-state index contributed by atoms with van der Waals surface area (Å²) in [6.07, 6.45) is 0.914. The summed E-state index contributed by atoms with van der Waals surface area (Å²) in [5, 5.41) is 0.936. The van der Waals surface area contributed by atoms with Gasteiger partial charge >= 0.3 is 0 Å². The van der Waals surface area contributed by atoms with E-state index in [1.165, 1.54) is 11.5 Å². The zero-order chi connectivity index (χ0) is 15.5. The summed E-state index contributed by atoms with van der Waals surface area (Å²) in [4.78, 5) is 21.1. The van der Waals surface area contributed by atoms with Crippen LogP contribution in [0.3, 0.4) is 0 Å². The summed E-state index contributed by atoms with van der Waals surface area (Å²) in [6.45, 7) is 4.97. The Bertz CT molecular complexity index is 681. The van der Waals surface area contributed by atoms with Crippen molar-refractivity contribution in [3.63, 3.8) is 0 Å². The Morgan fingerprint density at radius 3 is 2.58 bits per heavy atom. The number of para-hydroxylation sites is 1. The number of halogens is 2. The lowest BCUT2D eigenvalue weighted by atomic mass is 10.1. The molecule has 0 spiro atoms. The number of anilines is 2. The van der Waals surface area contributed by atoms with E-state index >= 15 is 0 Å². The maximum atomic E-state index is 12.6. The van der Waals surface area contributed by atoms with Crippen molar-refractivity contribution in [3.05, 3.63) is 35.7 Å². The number of rotatable bonds is 2. The molecule has 2 N–H and O–H groups in total. The molecule has 2 heterocycles. The second kappa shape index (κ2) is 9.05. The van der Waals surface area contributed by atoms with Gasteiger partial charge in [0, 0.05) is 43.4 Å². The smallest absolute Gasteiger partial charge is 0.256 e. The first-order valence-corrected chi connectivity index (χ1v) is 8.11. The number of hydrogen-bond acceptors (Lipinski definition) is 6. The molecule has 1 aliphatic rings. The normalized spacial score (nSPS) is 14.4. The van der Waals surface area contributed by atoms with Crippen molar-refractivity contribution in [1.29, 1.82) is 0 Å². The maximum absolute atomic E-state index is 12.6. The van der Waals surface area contributed by atoms with Crippen molar-refractivity contribution in [3.8, 4) is 0 Å². The number of carbonyl (C=O) groups excluding carboxylic acids is 1. The molecule has 0 unspecified atom stereocenters. The molecule has 0 aliphatic carbocycles. The van der Waals surface area contributed by atoms with Crippen LogP contribution in [-0.4, -0.2) is 46.3 Å². The Balaban J connectivity index is 0.00000144. The van der Waals surface area contributed by atoms with E-state index in [9.17, 15) is 4.79 Å². The van der Waals surface area contributed by atoms with Gasteiger partial charge in [0.1, 0.15) is 5.82 Å². The highest BCUT2D eigenvalue weighted by atomic mass is 35.5. The minimum absolute atomic E-state index is 0. The van der Waals surface area contributed by atoms with Crippen LogP contribution in [0.1, 0.15) is 22.6 Å². The van der Waals surface area contributed by atoms with Gasteiger partial charge in [-0.1, -0.05) is 12.1 Å². The first-order chi connectivity index (χ1) is 10.6. The summed E-state index contributed by atoms with van der Waals surface area (Å²) >= 11 is 1.42. The van der Waals surface area contributed by atoms with Crippen molar-refractivity contribution in [1.82, 2.24) is 14.3 Å². The highest BCUT2D eigenvalue weighted by Crippen LogP contribution is 2.20. The quantitative estimate of drug-likeness (QED) is 0.798. The summed E-state index contributed by atoms with van der Waals surface area (Å²) < 4.78 is 4.23. The number of aromatic nitrogens is 2. The zero-order valence-corrected chi connectivity index (χ0v) is 15.8. The lowest BCUT2D eigenvalue weighted by Gasteiger charge is -2.22. The molecule has 24 heavy (non-hydrogen) atoms. The number of amides is 1. The SMILES string of the molecule is Cc1nsc(N2CCCN(C(=O)c3ccccc3N)CC2)n1.Cl.Cl. The van der Waals surface area contributed by atoms with E-state index < -0.39 is 0 Å². The van der Waals surface area contributed by atoms with Crippen molar-refractivity contribution < 1.29 is 4.79 Å². The lowest BCUT2D eigenvalue weighted by molar-refractivity contribution is 0.0768. The maximum Gasteiger partial charge on any atom is 0.256 e. The molecule has 9 heteroatoms. The Morgan fingerprint density at radius 2 is 1.92 bits per heavy atom. The van der Waals surface area contributed by atoms with Gasteiger partial charge in [0.15, 0.2) is 0 Å². The number of nitrogens with zero attached hydrogens (tertiary/aromatic N) is 4. The minimum Gasteiger partial charge on any atom is -0.398 e. The average molecular weight is 390 g/mol. The van der Waals surface area contributed by atoms with Crippen LogP contribution in [0.2, 0.25) is 0 Å². The van der Waals surface area contributed by atoms with Gasteiger partial charge in [-0.3, -0.25) is 4.79 Å². The molecule has 3 rings (SSSR count). The van der Waals surface area contributed by atoms with E-state index in [0.29, 0.717) is 17.8 Å². The largest absolute Gasteiger partial charge is 0.398 e. The van der Waals surface area contributed by atoms with Crippen LogP contribution in [0.15, 0.2) is 24.3 Å². The van der Waals surface area contributed by atoms with Crippen LogP contribution < -0.4 is 10.6 Å². The molecular weight excluding hydrogens is 369 g/mol. The van der Waals surface area contributed by atoms with Gasteiger partial charge in [0.2, 0.25) is 5.13 Å². The average Bonchev–Trinajstić information content (AvgIpc) is 2.81. The van der Waals surface area contributed by atoms with E-state index in [0.717, 1.165) is 37.0 Å². The highest BCUT2D eigenvalue weighted by molar-refractivity contribution is 7.09. The molecule has 0 saturated carbocycles. The van der Waals surface area contributed by atoms with E-state index in [2.05, 4.69) is 14.3 Å². The zero-order valence-electron chi connectivity index (χ0n) is 13.3. The van der Waals surface area contributed by atoms with Crippen LogP contribution in [0.5, 0.6) is 0 Å². The van der Waals surface area contributed by atoms with Gasteiger partial charge in [0.25, 0.3) is 5.91 Å². The molecular formula is C15H21Cl2N5OS. The Hall–Kier alpha value is -1.57. The molecule has 6 nitrogen and oxygen atoms in total. The number of benzene rings is 1. The fourth-order valence-electron chi connectivity index (χ4n) is 2.59. The molecule has 0 bridgehead atoms. The summed E-state index contributed by atoms with van der Waals surface area (Å²) in [5.74, 6) is 0.808. The third-order valence-electron chi connectivity index (χ3n) is 3.76. The molecule has 0 radical (unpaired) electrons. The first-order valence-electron chi connectivity index (χ1n) is 7.34.